The van der Waals surface area contributed by atoms with Crippen LogP contribution in [0, 0.1) is 0 Å². The maximum Gasteiger partial charge on any atom is 0.154 e. The second-order valence-corrected chi connectivity index (χ2v) is 5.05. The average molecular weight is 233 g/mol. The molecule has 2 saturated heterocycles. The Morgan fingerprint density at radius 1 is 1.41 bits per heavy atom. The minimum atomic E-state index is 0.165. The van der Waals surface area contributed by atoms with Crippen LogP contribution in [0.15, 0.2) is 23.9 Å². The molecular weight excluding hydrogens is 210 g/mol. The number of fused-ring (bicyclic) bond motifs is 1. The van der Waals surface area contributed by atoms with Crippen LogP contribution in [0.4, 0.5) is 0 Å². The third-order valence-electron chi connectivity index (χ3n) is 4.01. The molecule has 0 unspecified atom stereocenters. The van der Waals surface area contributed by atoms with Crippen molar-refractivity contribution < 1.29 is 4.79 Å². The third kappa shape index (κ3) is 2.46. The number of rotatable bonds is 3. The molecule has 2 heterocycles. The number of ketones is 1. The van der Waals surface area contributed by atoms with Gasteiger partial charge in [-0.05, 0) is 45.1 Å². The molecule has 2 nitrogen and oxygen atoms in total. The number of allylic oxidation sites excluding steroid dienone is 4. The second-order valence-electron chi connectivity index (χ2n) is 5.05. The van der Waals surface area contributed by atoms with Crippen LogP contribution in [0.25, 0.3) is 0 Å². The molecule has 2 aliphatic rings. The van der Waals surface area contributed by atoms with Gasteiger partial charge in [-0.1, -0.05) is 19.1 Å². The molecule has 0 amide bonds. The van der Waals surface area contributed by atoms with Crippen LogP contribution in [-0.2, 0) is 4.79 Å². The van der Waals surface area contributed by atoms with Crippen LogP contribution in [0.2, 0.25) is 0 Å². The molecule has 2 fully saturated rings. The van der Waals surface area contributed by atoms with E-state index in [2.05, 4.69) is 23.1 Å². The van der Waals surface area contributed by atoms with Gasteiger partial charge in [0, 0.05) is 18.2 Å². The Bertz CT molecular complexity index is 343. The van der Waals surface area contributed by atoms with Crippen molar-refractivity contribution in [2.24, 2.45) is 0 Å². The number of hydrogen-bond donors (Lipinski definition) is 0. The molecule has 0 N–H and O–H groups in total. The zero-order chi connectivity index (χ0) is 12.3. The summed E-state index contributed by atoms with van der Waals surface area (Å²) in [7, 11) is 0. The smallest absolute Gasteiger partial charge is 0.154 e. The zero-order valence-corrected chi connectivity index (χ0v) is 11.0. The molecule has 0 aromatic rings. The largest absolute Gasteiger partial charge is 0.362 e. The first-order valence-electron chi connectivity index (χ1n) is 6.90. The molecule has 94 valence electrons. The Balaban J connectivity index is 2.20. The summed E-state index contributed by atoms with van der Waals surface area (Å²) in [5, 5.41) is 0. The van der Waals surface area contributed by atoms with Gasteiger partial charge >= 0.3 is 0 Å². The van der Waals surface area contributed by atoms with E-state index in [-0.39, 0.29) is 6.04 Å². The lowest BCUT2D eigenvalue weighted by molar-refractivity contribution is -0.124. The van der Waals surface area contributed by atoms with Gasteiger partial charge in [-0.25, -0.2) is 0 Å². The van der Waals surface area contributed by atoms with Crippen molar-refractivity contribution in [3.63, 3.8) is 0 Å². The second kappa shape index (κ2) is 5.52. The highest BCUT2D eigenvalue weighted by Gasteiger charge is 2.38. The predicted octanol–water partition coefficient (Wildman–Crippen LogP) is 3.44. The van der Waals surface area contributed by atoms with E-state index in [0.29, 0.717) is 18.2 Å². The Morgan fingerprint density at radius 2 is 2.24 bits per heavy atom. The van der Waals surface area contributed by atoms with E-state index in [4.69, 9.17) is 0 Å². The van der Waals surface area contributed by atoms with Crippen molar-refractivity contribution in [2.75, 3.05) is 0 Å². The van der Waals surface area contributed by atoms with E-state index in [0.717, 1.165) is 12.8 Å². The molecule has 17 heavy (non-hydrogen) atoms. The van der Waals surface area contributed by atoms with Gasteiger partial charge in [0.2, 0.25) is 0 Å². The Labute approximate surface area is 104 Å². The first-order chi connectivity index (χ1) is 8.27. The van der Waals surface area contributed by atoms with E-state index >= 15 is 0 Å². The number of piperidine rings is 1. The molecule has 2 atom stereocenters. The third-order valence-corrected chi connectivity index (χ3v) is 4.01. The minimum absolute atomic E-state index is 0.165. The summed E-state index contributed by atoms with van der Waals surface area (Å²) in [4.78, 5) is 14.5. The quantitative estimate of drug-likeness (QED) is 0.744. The molecule has 0 aromatic carbocycles. The highest BCUT2D eigenvalue weighted by molar-refractivity contribution is 5.84. The van der Waals surface area contributed by atoms with E-state index in [1.54, 1.807) is 0 Å². The maximum atomic E-state index is 12.0. The number of hydrogen-bond acceptors (Lipinski definition) is 2. The zero-order valence-electron chi connectivity index (χ0n) is 11.0. The van der Waals surface area contributed by atoms with Crippen molar-refractivity contribution in [3.8, 4) is 0 Å². The lowest BCUT2D eigenvalue weighted by atomic mass is 9.93. The molecule has 2 rings (SSSR count). The van der Waals surface area contributed by atoms with Gasteiger partial charge in [-0.15, -0.1) is 0 Å². The number of nitrogens with zero attached hydrogens (tertiary/aromatic N) is 1. The van der Waals surface area contributed by atoms with E-state index < -0.39 is 0 Å². The molecule has 0 saturated carbocycles. The van der Waals surface area contributed by atoms with Gasteiger partial charge in [-0.3, -0.25) is 4.79 Å². The maximum absolute atomic E-state index is 12.0. The SMILES string of the molecule is C/C=C\C=C1/CC[C@H]2CCC[C@@H](C(=O)CC)N12. The van der Waals surface area contributed by atoms with Crippen LogP contribution in [0.1, 0.15) is 52.4 Å². The molecule has 0 bridgehead atoms. The summed E-state index contributed by atoms with van der Waals surface area (Å²) < 4.78 is 0. The minimum Gasteiger partial charge on any atom is -0.362 e. The van der Waals surface area contributed by atoms with Crippen molar-refractivity contribution in [1.29, 1.82) is 0 Å². The number of Topliss-reactive ketones (excluding diaryl/α,β-unsaturated/α-hetero) is 1. The van der Waals surface area contributed by atoms with E-state index in [1.165, 1.54) is 25.0 Å². The van der Waals surface area contributed by atoms with Gasteiger partial charge in [0.25, 0.3) is 0 Å². The summed E-state index contributed by atoms with van der Waals surface area (Å²) in [6.45, 7) is 4.02. The number of carbonyl (C=O) groups is 1. The highest BCUT2D eigenvalue weighted by Crippen LogP contribution is 2.38. The van der Waals surface area contributed by atoms with Crippen LogP contribution in [-0.4, -0.2) is 22.8 Å². The lowest BCUT2D eigenvalue weighted by Gasteiger charge is -2.39. The standard InChI is InChI=1S/C15H23NO/c1-3-5-7-12-10-11-13-8-6-9-14(16(12)13)15(17)4-2/h3,5,7,13-14H,4,6,8-11H2,1-2H3/b5-3-,12-7+/t13-,14+/m1/s1. The predicted molar refractivity (Wildman–Crippen MR) is 70.7 cm³/mol. The monoisotopic (exact) mass is 233 g/mol. The Hall–Kier alpha value is -1.05. The molecule has 2 aliphatic heterocycles. The van der Waals surface area contributed by atoms with Crippen molar-refractivity contribution in [2.45, 2.75) is 64.5 Å². The van der Waals surface area contributed by atoms with Crippen molar-refractivity contribution in [3.05, 3.63) is 23.9 Å². The molecule has 0 radical (unpaired) electrons. The normalized spacial score (nSPS) is 31.2. The van der Waals surface area contributed by atoms with Crippen LogP contribution < -0.4 is 0 Å². The molecule has 2 heteroatoms. The molecule has 0 aromatic heterocycles. The van der Waals surface area contributed by atoms with Gasteiger partial charge in [0.1, 0.15) is 0 Å². The van der Waals surface area contributed by atoms with Gasteiger partial charge < -0.3 is 4.90 Å². The Kier molecular flexibility index (Phi) is 4.03. The highest BCUT2D eigenvalue weighted by atomic mass is 16.1. The lowest BCUT2D eigenvalue weighted by Crippen LogP contribution is -2.46. The summed E-state index contributed by atoms with van der Waals surface area (Å²) in [5.41, 5.74) is 1.37. The van der Waals surface area contributed by atoms with Crippen LogP contribution in [0.5, 0.6) is 0 Å². The van der Waals surface area contributed by atoms with Gasteiger partial charge in [0.05, 0.1) is 6.04 Å². The Morgan fingerprint density at radius 3 is 2.94 bits per heavy atom. The van der Waals surface area contributed by atoms with Gasteiger partial charge in [0.15, 0.2) is 5.78 Å². The summed E-state index contributed by atoms with van der Waals surface area (Å²) in [6.07, 6.45) is 12.9. The first-order valence-corrected chi connectivity index (χ1v) is 6.90. The van der Waals surface area contributed by atoms with Crippen molar-refractivity contribution in [1.82, 2.24) is 4.90 Å². The molecule has 0 spiro atoms. The number of carbonyl (C=O) groups excluding carboxylic acids is 1. The van der Waals surface area contributed by atoms with Crippen molar-refractivity contribution >= 4 is 5.78 Å². The topological polar surface area (TPSA) is 20.3 Å². The van der Waals surface area contributed by atoms with E-state index in [9.17, 15) is 4.79 Å². The van der Waals surface area contributed by atoms with Crippen LogP contribution in [0.3, 0.4) is 0 Å². The fraction of sp³-hybridized carbons (Fsp3) is 0.667. The average Bonchev–Trinajstić information content (AvgIpc) is 2.78. The van der Waals surface area contributed by atoms with Crippen LogP contribution >= 0.6 is 0 Å². The molecular formula is C15H23NO. The summed E-state index contributed by atoms with van der Waals surface area (Å²) in [5.74, 6) is 0.419. The molecule has 0 aliphatic carbocycles. The summed E-state index contributed by atoms with van der Waals surface area (Å²) >= 11 is 0. The fourth-order valence-corrected chi connectivity index (χ4v) is 3.17. The van der Waals surface area contributed by atoms with E-state index in [1.807, 2.05) is 13.8 Å². The summed E-state index contributed by atoms with van der Waals surface area (Å²) in [6, 6.07) is 0.790. The van der Waals surface area contributed by atoms with Gasteiger partial charge in [-0.2, -0.15) is 0 Å². The fourth-order valence-electron chi connectivity index (χ4n) is 3.17. The first kappa shape index (κ1) is 12.4.